The number of hydrogen-bond donors (Lipinski definition) is 2. The smallest absolute Gasteiger partial charge is 0.0585 e. The van der Waals surface area contributed by atoms with Gasteiger partial charge in [-0.05, 0) is 24.7 Å². The predicted molar refractivity (Wildman–Crippen MR) is 50.8 cm³/mol. The SMILES string of the molecule is CCC1CCC(C(N)CO)CC1. The summed E-state index contributed by atoms with van der Waals surface area (Å²) in [6.45, 7) is 2.42. The van der Waals surface area contributed by atoms with E-state index in [1.165, 1.54) is 32.1 Å². The molecule has 12 heavy (non-hydrogen) atoms. The van der Waals surface area contributed by atoms with E-state index in [1.54, 1.807) is 0 Å². The van der Waals surface area contributed by atoms with Crippen LogP contribution in [0.15, 0.2) is 0 Å². The van der Waals surface area contributed by atoms with E-state index in [-0.39, 0.29) is 12.6 Å². The molecule has 1 rings (SSSR count). The first-order chi connectivity index (χ1) is 5.77. The van der Waals surface area contributed by atoms with Gasteiger partial charge in [-0.3, -0.25) is 0 Å². The van der Waals surface area contributed by atoms with Crippen molar-refractivity contribution < 1.29 is 5.11 Å². The summed E-state index contributed by atoms with van der Waals surface area (Å²) < 4.78 is 0. The maximum Gasteiger partial charge on any atom is 0.0585 e. The van der Waals surface area contributed by atoms with Gasteiger partial charge in [0.15, 0.2) is 0 Å². The highest BCUT2D eigenvalue weighted by Crippen LogP contribution is 2.31. The number of nitrogens with two attached hydrogens (primary N) is 1. The van der Waals surface area contributed by atoms with Gasteiger partial charge in [-0.2, -0.15) is 0 Å². The van der Waals surface area contributed by atoms with Crippen molar-refractivity contribution in [2.45, 2.75) is 45.1 Å². The van der Waals surface area contributed by atoms with Crippen molar-refractivity contribution in [2.24, 2.45) is 17.6 Å². The van der Waals surface area contributed by atoms with E-state index in [2.05, 4.69) is 6.92 Å². The van der Waals surface area contributed by atoms with Crippen molar-refractivity contribution in [3.63, 3.8) is 0 Å². The van der Waals surface area contributed by atoms with Crippen LogP contribution in [0.3, 0.4) is 0 Å². The third-order valence-corrected chi connectivity index (χ3v) is 3.29. The fourth-order valence-corrected chi connectivity index (χ4v) is 2.17. The Labute approximate surface area is 75.2 Å². The minimum atomic E-state index is 0.0304. The first-order valence-corrected chi connectivity index (χ1v) is 5.14. The van der Waals surface area contributed by atoms with E-state index < -0.39 is 0 Å². The summed E-state index contributed by atoms with van der Waals surface area (Å²) in [5.74, 6) is 1.50. The molecule has 0 spiro atoms. The Morgan fingerprint density at radius 1 is 1.33 bits per heavy atom. The van der Waals surface area contributed by atoms with Gasteiger partial charge in [-0.25, -0.2) is 0 Å². The van der Waals surface area contributed by atoms with Gasteiger partial charge in [-0.1, -0.05) is 26.2 Å². The lowest BCUT2D eigenvalue weighted by Crippen LogP contribution is -2.35. The second-order valence-corrected chi connectivity index (χ2v) is 4.04. The van der Waals surface area contributed by atoms with E-state index in [0.717, 1.165) is 5.92 Å². The van der Waals surface area contributed by atoms with Crippen LogP contribution in [0.2, 0.25) is 0 Å². The average Bonchev–Trinajstić information content (AvgIpc) is 2.17. The lowest BCUT2D eigenvalue weighted by molar-refractivity contribution is 0.176. The molecule has 1 aliphatic carbocycles. The van der Waals surface area contributed by atoms with Crippen molar-refractivity contribution in [3.05, 3.63) is 0 Å². The molecule has 1 aliphatic rings. The Morgan fingerprint density at radius 2 is 1.92 bits per heavy atom. The van der Waals surface area contributed by atoms with Crippen molar-refractivity contribution in [1.29, 1.82) is 0 Å². The highest BCUT2D eigenvalue weighted by Gasteiger charge is 2.23. The van der Waals surface area contributed by atoms with Crippen molar-refractivity contribution in [1.82, 2.24) is 0 Å². The molecule has 0 saturated heterocycles. The van der Waals surface area contributed by atoms with Crippen LogP contribution in [-0.4, -0.2) is 17.8 Å². The first-order valence-electron chi connectivity index (χ1n) is 5.14. The van der Waals surface area contributed by atoms with E-state index in [9.17, 15) is 0 Å². The normalized spacial score (nSPS) is 33.2. The fraction of sp³-hybridized carbons (Fsp3) is 1.00. The summed E-state index contributed by atoms with van der Waals surface area (Å²) in [5.41, 5.74) is 5.78. The maximum atomic E-state index is 8.89. The maximum absolute atomic E-state index is 8.89. The molecule has 1 saturated carbocycles. The van der Waals surface area contributed by atoms with Crippen molar-refractivity contribution in [2.75, 3.05) is 6.61 Å². The van der Waals surface area contributed by atoms with Crippen molar-refractivity contribution >= 4 is 0 Å². The largest absolute Gasteiger partial charge is 0.395 e. The molecule has 0 aromatic carbocycles. The summed E-state index contributed by atoms with van der Waals surface area (Å²) in [6.07, 6.45) is 6.38. The summed E-state index contributed by atoms with van der Waals surface area (Å²) in [4.78, 5) is 0. The van der Waals surface area contributed by atoms with Gasteiger partial charge >= 0.3 is 0 Å². The van der Waals surface area contributed by atoms with Gasteiger partial charge in [0.1, 0.15) is 0 Å². The van der Waals surface area contributed by atoms with Crippen LogP contribution in [0.1, 0.15) is 39.0 Å². The van der Waals surface area contributed by atoms with E-state index in [1.807, 2.05) is 0 Å². The van der Waals surface area contributed by atoms with Crippen LogP contribution < -0.4 is 5.73 Å². The fourth-order valence-electron chi connectivity index (χ4n) is 2.17. The summed E-state index contributed by atoms with van der Waals surface area (Å²) in [5, 5.41) is 8.89. The molecular weight excluding hydrogens is 150 g/mol. The minimum absolute atomic E-state index is 0.0304. The third-order valence-electron chi connectivity index (χ3n) is 3.29. The zero-order valence-electron chi connectivity index (χ0n) is 8.00. The Kier molecular flexibility index (Phi) is 4.02. The topological polar surface area (TPSA) is 46.2 Å². The van der Waals surface area contributed by atoms with Crippen molar-refractivity contribution in [3.8, 4) is 0 Å². The molecule has 0 heterocycles. The van der Waals surface area contributed by atoms with Crippen LogP contribution >= 0.6 is 0 Å². The Balaban J connectivity index is 2.25. The molecule has 0 aliphatic heterocycles. The summed E-state index contributed by atoms with van der Waals surface area (Å²) in [7, 11) is 0. The Hall–Kier alpha value is -0.0800. The summed E-state index contributed by atoms with van der Waals surface area (Å²) >= 11 is 0. The van der Waals surface area contributed by atoms with Gasteiger partial charge in [0.05, 0.1) is 6.61 Å². The molecule has 0 aromatic rings. The Bertz CT molecular complexity index is 119. The van der Waals surface area contributed by atoms with E-state index in [4.69, 9.17) is 10.8 Å². The van der Waals surface area contributed by atoms with Gasteiger partial charge in [0.25, 0.3) is 0 Å². The lowest BCUT2D eigenvalue weighted by atomic mass is 9.78. The first kappa shape index (κ1) is 10.0. The number of rotatable bonds is 3. The van der Waals surface area contributed by atoms with Crippen LogP contribution in [0.25, 0.3) is 0 Å². The van der Waals surface area contributed by atoms with E-state index >= 15 is 0 Å². The molecule has 1 atom stereocenters. The van der Waals surface area contributed by atoms with Gasteiger partial charge in [-0.15, -0.1) is 0 Å². The molecule has 0 aromatic heterocycles. The van der Waals surface area contributed by atoms with Crippen LogP contribution in [0, 0.1) is 11.8 Å². The lowest BCUT2D eigenvalue weighted by Gasteiger charge is -2.30. The molecule has 0 radical (unpaired) electrons. The third kappa shape index (κ3) is 2.46. The second-order valence-electron chi connectivity index (χ2n) is 4.04. The molecule has 0 amide bonds. The van der Waals surface area contributed by atoms with Gasteiger partial charge in [0, 0.05) is 6.04 Å². The van der Waals surface area contributed by atoms with Gasteiger partial charge in [0.2, 0.25) is 0 Å². The predicted octanol–water partition coefficient (Wildman–Crippen LogP) is 1.52. The minimum Gasteiger partial charge on any atom is -0.395 e. The van der Waals surface area contributed by atoms with Crippen LogP contribution in [-0.2, 0) is 0 Å². The Morgan fingerprint density at radius 3 is 2.33 bits per heavy atom. The number of hydrogen-bond acceptors (Lipinski definition) is 2. The van der Waals surface area contributed by atoms with Crippen LogP contribution in [0.5, 0.6) is 0 Å². The second kappa shape index (κ2) is 4.83. The zero-order chi connectivity index (χ0) is 8.97. The number of aliphatic hydroxyl groups excluding tert-OH is 1. The molecule has 1 fully saturated rings. The highest BCUT2D eigenvalue weighted by molar-refractivity contribution is 4.78. The molecule has 2 nitrogen and oxygen atoms in total. The average molecular weight is 171 g/mol. The molecule has 0 bridgehead atoms. The molecule has 1 unspecified atom stereocenters. The molecule has 2 heteroatoms. The molecular formula is C10H21NO. The molecule has 3 N–H and O–H groups in total. The van der Waals surface area contributed by atoms with Gasteiger partial charge < -0.3 is 10.8 Å². The highest BCUT2D eigenvalue weighted by atomic mass is 16.3. The monoisotopic (exact) mass is 171 g/mol. The standard InChI is InChI=1S/C10H21NO/c1-2-8-3-5-9(6-4-8)10(11)7-12/h8-10,12H,2-7,11H2,1H3. The number of aliphatic hydroxyl groups is 1. The summed E-state index contributed by atoms with van der Waals surface area (Å²) in [6, 6.07) is 0.0304. The van der Waals surface area contributed by atoms with E-state index in [0.29, 0.717) is 5.92 Å². The quantitative estimate of drug-likeness (QED) is 0.676. The zero-order valence-corrected chi connectivity index (χ0v) is 8.00. The van der Waals surface area contributed by atoms with Crippen LogP contribution in [0.4, 0.5) is 0 Å². The molecule has 72 valence electrons.